The molecule has 0 bridgehead atoms. The van der Waals surface area contributed by atoms with E-state index in [2.05, 4.69) is 5.32 Å². The molecule has 7 nitrogen and oxygen atoms in total. The van der Waals surface area contributed by atoms with Crippen LogP contribution in [-0.2, 0) is 26.2 Å². The lowest BCUT2D eigenvalue weighted by Gasteiger charge is -2.33. The lowest BCUT2D eigenvalue weighted by molar-refractivity contribution is -0.141. The molecule has 2 aromatic carbocycles. The van der Waals surface area contributed by atoms with Crippen LogP contribution in [0.2, 0.25) is 10.0 Å². The van der Waals surface area contributed by atoms with E-state index in [0.29, 0.717) is 22.0 Å². The maximum Gasteiger partial charge on any atom is 0.243 e. The molecular weight excluding hydrogens is 583 g/mol. The van der Waals surface area contributed by atoms with E-state index in [-0.39, 0.29) is 49.5 Å². The van der Waals surface area contributed by atoms with Gasteiger partial charge in [0.05, 0.1) is 11.9 Å². The van der Waals surface area contributed by atoms with E-state index < -0.39 is 27.7 Å². The Hall–Kier alpha value is -2.43. The van der Waals surface area contributed by atoms with Crippen molar-refractivity contribution in [3.8, 4) is 0 Å². The predicted octanol–water partition coefficient (Wildman–Crippen LogP) is 6.07. The molecule has 0 spiro atoms. The molecule has 0 radical (unpaired) electrons. The predicted molar refractivity (Wildman–Crippen MR) is 154 cm³/mol. The van der Waals surface area contributed by atoms with Gasteiger partial charge in [-0.3, -0.25) is 13.9 Å². The topological polar surface area (TPSA) is 86.8 Å². The zero-order valence-corrected chi connectivity index (χ0v) is 25.0. The second kappa shape index (κ2) is 14.5. The van der Waals surface area contributed by atoms with Crippen LogP contribution in [0.5, 0.6) is 0 Å². The van der Waals surface area contributed by atoms with E-state index in [1.54, 1.807) is 18.2 Å². The highest BCUT2D eigenvalue weighted by Crippen LogP contribution is 2.28. The van der Waals surface area contributed by atoms with E-state index in [1.807, 2.05) is 6.92 Å². The number of amides is 2. The SMILES string of the molecule is CC[C@@H](C(=O)NC1CCCCC1)N(Cc1c(Cl)cccc1Cl)C(=O)CCCN(c1ccc(F)c(F)c1)S(C)(=O)=O. The van der Waals surface area contributed by atoms with Crippen LogP contribution < -0.4 is 9.62 Å². The van der Waals surface area contributed by atoms with Crippen molar-refractivity contribution < 1.29 is 26.8 Å². The number of hydrogen-bond donors (Lipinski definition) is 1. The lowest BCUT2D eigenvalue weighted by atomic mass is 9.95. The summed E-state index contributed by atoms with van der Waals surface area (Å²) in [6, 6.07) is 7.06. The monoisotopic (exact) mass is 617 g/mol. The van der Waals surface area contributed by atoms with Gasteiger partial charge in [0.2, 0.25) is 21.8 Å². The fourth-order valence-electron chi connectivity index (χ4n) is 4.96. The van der Waals surface area contributed by atoms with Gasteiger partial charge in [0, 0.05) is 47.2 Å². The summed E-state index contributed by atoms with van der Waals surface area (Å²) in [5.41, 5.74) is 0.453. The Labute approximate surface area is 244 Å². The standard InChI is InChI=1S/C28H35Cl2F2N3O4S/c1-3-26(28(37)33-19-9-5-4-6-10-19)34(18-21-22(29)11-7-12-23(21)30)27(36)13-8-16-35(40(2,38)39)20-14-15-24(31)25(32)17-20/h7,11-12,14-15,17,19,26H,3-6,8-10,13,16,18H2,1-2H3,(H,33,37)/t26-/m0/s1. The smallest absolute Gasteiger partial charge is 0.243 e. The summed E-state index contributed by atoms with van der Waals surface area (Å²) in [7, 11) is -3.86. The molecule has 3 rings (SSSR count). The summed E-state index contributed by atoms with van der Waals surface area (Å²) in [6.07, 6.45) is 6.23. The minimum atomic E-state index is -3.86. The fraction of sp³-hybridized carbons (Fsp3) is 0.500. The highest BCUT2D eigenvalue weighted by molar-refractivity contribution is 7.92. The summed E-state index contributed by atoms with van der Waals surface area (Å²) in [6.45, 7) is 1.66. The Balaban J connectivity index is 1.81. The second-order valence-electron chi connectivity index (χ2n) is 10.0. The first kappa shape index (κ1) is 32.1. The average Bonchev–Trinajstić information content (AvgIpc) is 2.89. The molecule has 1 aliphatic rings. The van der Waals surface area contributed by atoms with E-state index in [4.69, 9.17) is 23.2 Å². The van der Waals surface area contributed by atoms with Crippen molar-refractivity contribution >= 4 is 50.7 Å². The first-order valence-electron chi connectivity index (χ1n) is 13.4. The maximum atomic E-state index is 13.8. The number of nitrogens with one attached hydrogen (secondary N) is 1. The molecule has 1 aliphatic carbocycles. The first-order chi connectivity index (χ1) is 18.9. The quantitative estimate of drug-likeness (QED) is 0.313. The number of carbonyl (C=O) groups is 2. The number of halogens is 4. The van der Waals surface area contributed by atoms with Crippen LogP contribution in [0.4, 0.5) is 14.5 Å². The van der Waals surface area contributed by atoms with Gasteiger partial charge < -0.3 is 10.2 Å². The summed E-state index contributed by atoms with van der Waals surface area (Å²) in [5.74, 6) is -2.93. The van der Waals surface area contributed by atoms with Gasteiger partial charge in [-0.2, -0.15) is 0 Å². The minimum absolute atomic E-state index is 0.00705. The lowest BCUT2D eigenvalue weighted by Crippen LogP contribution is -2.51. The second-order valence-corrected chi connectivity index (χ2v) is 12.7. The largest absolute Gasteiger partial charge is 0.352 e. The van der Waals surface area contributed by atoms with Gasteiger partial charge in [-0.1, -0.05) is 55.5 Å². The Morgan fingerprint density at radius 2 is 1.70 bits per heavy atom. The molecule has 12 heteroatoms. The van der Waals surface area contributed by atoms with Gasteiger partial charge in [-0.05, 0) is 49.9 Å². The van der Waals surface area contributed by atoms with E-state index in [0.717, 1.165) is 60.9 Å². The van der Waals surface area contributed by atoms with Crippen molar-refractivity contribution in [2.75, 3.05) is 17.1 Å². The Morgan fingerprint density at radius 3 is 2.27 bits per heavy atom. The summed E-state index contributed by atoms with van der Waals surface area (Å²) < 4.78 is 53.0. The molecule has 2 aromatic rings. The van der Waals surface area contributed by atoms with E-state index in [9.17, 15) is 26.8 Å². The van der Waals surface area contributed by atoms with Gasteiger partial charge in [-0.15, -0.1) is 0 Å². The molecule has 40 heavy (non-hydrogen) atoms. The average molecular weight is 619 g/mol. The summed E-state index contributed by atoms with van der Waals surface area (Å²) >= 11 is 12.8. The zero-order valence-electron chi connectivity index (χ0n) is 22.6. The Kier molecular flexibility index (Phi) is 11.6. The number of benzene rings is 2. The van der Waals surface area contributed by atoms with Crippen LogP contribution >= 0.6 is 23.2 Å². The summed E-state index contributed by atoms with van der Waals surface area (Å²) in [4.78, 5) is 28.4. The molecule has 1 fully saturated rings. The molecule has 0 aromatic heterocycles. The molecule has 0 unspecified atom stereocenters. The number of sulfonamides is 1. The number of hydrogen-bond acceptors (Lipinski definition) is 4. The molecule has 1 atom stereocenters. The Morgan fingerprint density at radius 1 is 1.05 bits per heavy atom. The number of nitrogens with zero attached hydrogens (tertiary/aromatic N) is 2. The normalized spacial score (nSPS) is 14.9. The molecule has 2 amide bonds. The molecule has 220 valence electrons. The van der Waals surface area contributed by atoms with Gasteiger partial charge >= 0.3 is 0 Å². The molecular formula is C28H35Cl2F2N3O4S. The summed E-state index contributed by atoms with van der Waals surface area (Å²) in [5, 5.41) is 3.81. The highest BCUT2D eigenvalue weighted by atomic mass is 35.5. The van der Waals surface area contributed by atoms with Gasteiger partial charge in [0.25, 0.3) is 0 Å². The molecule has 0 saturated heterocycles. The minimum Gasteiger partial charge on any atom is -0.352 e. The first-order valence-corrected chi connectivity index (χ1v) is 16.0. The third-order valence-corrected chi connectivity index (χ3v) is 8.97. The van der Waals surface area contributed by atoms with E-state index in [1.165, 1.54) is 4.90 Å². The maximum absolute atomic E-state index is 13.8. The van der Waals surface area contributed by atoms with Crippen LogP contribution in [0.25, 0.3) is 0 Å². The van der Waals surface area contributed by atoms with Crippen LogP contribution in [0.15, 0.2) is 36.4 Å². The van der Waals surface area contributed by atoms with Crippen LogP contribution in [0, 0.1) is 11.6 Å². The zero-order chi connectivity index (χ0) is 29.4. The third-order valence-electron chi connectivity index (χ3n) is 7.07. The van der Waals surface area contributed by atoms with Gasteiger partial charge in [-0.25, -0.2) is 17.2 Å². The van der Waals surface area contributed by atoms with Crippen molar-refractivity contribution in [3.05, 3.63) is 63.6 Å². The third kappa shape index (κ3) is 8.54. The van der Waals surface area contributed by atoms with Crippen LogP contribution in [0.1, 0.15) is 63.9 Å². The van der Waals surface area contributed by atoms with E-state index >= 15 is 0 Å². The van der Waals surface area contributed by atoms with Crippen LogP contribution in [-0.4, -0.2) is 50.0 Å². The van der Waals surface area contributed by atoms with Gasteiger partial charge in [0.15, 0.2) is 11.6 Å². The van der Waals surface area contributed by atoms with Crippen molar-refractivity contribution in [1.29, 1.82) is 0 Å². The van der Waals surface area contributed by atoms with Crippen molar-refractivity contribution in [3.63, 3.8) is 0 Å². The number of anilines is 1. The number of rotatable bonds is 12. The molecule has 0 heterocycles. The van der Waals surface area contributed by atoms with Gasteiger partial charge in [0.1, 0.15) is 6.04 Å². The molecule has 1 saturated carbocycles. The number of carbonyl (C=O) groups excluding carboxylic acids is 2. The highest BCUT2D eigenvalue weighted by Gasteiger charge is 2.31. The van der Waals surface area contributed by atoms with Crippen molar-refractivity contribution in [2.45, 2.75) is 76.9 Å². The van der Waals surface area contributed by atoms with Crippen LogP contribution in [0.3, 0.4) is 0 Å². The van der Waals surface area contributed by atoms with Crippen molar-refractivity contribution in [2.24, 2.45) is 0 Å². The molecule has 1 N–H and O–H groups in total. The Bertz CT molecular complexity index is 1290. The van der Waals surface area contributed by atoms with Crippen molar-refractivity contribution in [1.82, 2.24) is 10.2 Å². The fourth-order valence-corrected chi connectivity index (χ4v) is 6.44. The molecule has 0 aliphatic heterocycles.